The van der Waals surface area contributed by atoms with E-state index < -0.39 is 18.2 Å². The van der Waals surface area contributed by atoms with Crippen LogP contribution in [0.1, 0.15) is 26.2 Å². The summed E-state index contributed by atoms with van der Waals surface area (Å²) in [6.07, 6.45) is 0.653. The normalized spacial score (nSPS) is 16.4. The van der Waals surface area contributed by atoms with Crippen molar-refractivity contribution in [1.29, 1.82) is 0 Å². The fourth-order valence-electron chi connectivity index (χ4n) is 1.33. The van der Waals surface area contributed by atoms with E-state index in [0.717, 1.165) is 6.29 Å². The summed E-state index contributed by atoms with van der Waals surface area (Å²) >= 11 is 0. The summed E-state index contributed by atoms with van der Waals surface area (Å²) in [6, 6.07) is -0.791. The summed E-state index contributed by atoms with van der Waals surface area (Å²) < 4.78 is 0. The molecule has 6 heteroatoms. The van der Waals surface area contributed by atoms with Gasteiger partial charge < -0.3 is 20.3 Å². The van der Waals surface area contributed by atoms with Crippen LogP contribution in [0.5, 0.6) is 0 Å². The molecule has 0 aromatic carbocycles. The first-order valence-corrected chi connectivity index (χ1v) is 5.33. The minimum absolute atomic E-state index is 0.0257. The first kappa shape index (κ1) is 15.0. The second-order valence-corrected chi connectivity index (χ2v) is 3.59. The Morgan fingerprint density at radius 2 is 2.12 bits per heavy atom. The van der Waals surface area contributed by atoms with Crippen molar-refractivity contribution >= 4 is 12.3 Å². The van der Waals surface area contributed by atoms with Gasteiger partial charge in [-0.15, -0.1) is 0 Å². The number of likely N-dealkylation sites (N-methyl/N-ethyl adjacent to an activating group) is 1. The SMILES string of the molecule is CCC(C=O)N[C@@H](O)C(CCC(=O)O)NC. The molecule has 0 spiro atoms. The molecule has 0 aromatic heterocycles. The Labute approximate surface area is 95.0 Å². The Bertz CT molecular complexity index is 223. The summed E-state index contributed by atoms with van der Waals surface area (Å²) in [6.45, 7) is 1.82. The molecule has 0 saturated heterocycles. The van der Waals surface area contributed by atoms with Crippen LogP contribution < -0.4 is 10.6 Å². The van der Waals surface area contributed by atoms with Crippen LogP contribution in [0.15, 0.2) is 0 Å². The molecular weight excluding hydrogens is 212 g/mol. The average Bonchev–Trinajstić information content (AvgIpc) is 2.26. The van der Waals surface area contributed by atoms with E-state index in [4.69, 9.17) is 5.11 Å². The molecular formula is C10H20N2O4. The van der Waals surface area contributed by atoms with Gasteiger partial charge in [-0.2, -0.15) is 0 Å². The van der Waals surface area contributed by atoms with Gasteiger partial charge in [-0.1, -0.05) is 6.92 Å². The first-order valence-electron chi connectivity index (χ1n) is 5.33. The number of aldehydes is 1. The zero-order valence-corrected chi connectivity index (χ0v) is 9.64. The van der Waals surface area contributed by atoms with Crippen LogP contribution in [0.25, 0.3) is 0 Å². The van der Waals surface area contributed by atoms with Crippen molar-refractivity contribution in [2.75, 3.05) is 7.05 Å². The van der Waals surface area contributed by atoms with Gasteiger partial charge >= 0.3 is 5.97 Å². The molecule has 2 unspecified atom stereocenters. The number of carboxylic acid groups (broad SMARTS) is 1. The van der Waals surface area contributed by atoms with E-state index in [9.17, 15) is 14.7 Å². The topological polar surface area (TPSA) is 98.7 Å². The first-order chi connectivity index (χ1) is 7.54. The van der Waals surface area contributed by atoms with Gasteiger partial charge in [0.15, 0.2) is 0 Å². The van der Waals surface area contributed by atoms with Gasteiger partial charge in [-0.3, -0.25) is 10.1 Å². The fourth-order valence-corrected chi connectivity index (χ4v) is 1.33. The highest BCUT2D eigenvalue weighted by Crippen LogP contribution is 2.02. The van der Waals surface area contributed by atoms with E-state index in [1.165, 1.54) is 0 Å². The molecule has 0 aliphatic carbocycles. The Hall–Kier alpha value is -0.980. The van der Waals surface area contributed by atoms with Crippen LogP contribution in [0, 0.1) is 0 Å². The number of rotatable bonds is 9. The number of hydrogen-bond acceptors (Lipinski definition) is 5. The maximum atomic E-state index is 10.6. The van der Waals surface area contributed by atoms with Crippen LogP contribution in [0.4, 0.5) is 0 Å². The van der Waals surface area contributed by atoms with Gasteiger partial charge in [-0.25, -0.2) is 0 Å². The number of nitrogens with one attached hydrogen (secondary N) is 2. The second-order valence-electron chi connectivity index (χ2n) is 3.59. The molecule has 6 nitrogen and oxygen atoms in total. The van der Waals surface area contributed by atoms with Crippen molar-refractivity contribution < 1.29 is 19.8 Å². The molecule has 16 heavy (non-hydrogen) atoms. The second kappa shape index (κ2) is 8.20. The van der Waals surface area contributed by atoms with Crippen molar-refractivity contribution in [2.24, 2.45) is 0 Å². The number of aliphatic hydroxyl groups is 1. The van der Waals surface area contributed by atoms with Crippen molar-refractivity contribution in [1.82, 2.24) is 10.6 Å². The Morgan fingerprint density at radius 1 is 1.50 bits per heavy atom. The minimum Gasteiger partial charge on any atom is -0.481 e. The number of aliphatic carboxylic acids is 1. The monoisotopic (exact) mass is 232 g/mol. The Morgan fingerprint density at radius 3 is 2.50 bits per heavy atom. The number of carboxylic acids is 1. The van der Waals surface area contributed by atoms with E-state index in [1.54, 1.807) is 7.05 Å². The zero-order chi connectivity index (χ0) is 12.6. The van der Waals surface area contributed by atoms with Gasteiger partial charge in [0.1, 0.15) is 12.5 Å². The third kappa shape index (κ3) is 5.79. The Kier molecular flexibility index (Phi) is 7.70. The molecule has 0 rings (SSSR count). The summed E-state index contributed by atoms with van der Waals surface area (Å²) in [4.78, 5) is 21.0. The maximum absolute atomic E-state index is 10.6. The van der Waals surface area contributed by atoms with Crippen LogP contribution in [0.3, 0.4) is 0 Å². The molecule has 0 aliphatic rings. The van der Waals surface area contributed by atoms with E-state index >= 15 is 0 Å². The number of hydrogen-bond donors (Lipinski definition) is 4. The molecule has 0 bridgehead atoms. The Balaban J connectivity index is 4.12. The summed E-state index contributed by atoms with van der Waals surface area (Å²) in [5, 5.41) is 23.8. The van der Waals surface area contributed by atoms with Gasteiger partial charge in [0, 0.05) is 12.5 Å². The summed E-state index contributed by atoms with van der Waals surface area (Å²) in [5.41, 5.74) is 0. The van der Waals surface area contributed by atoms with Gasteiger partial charge in [0.25, 0.3) is 0 Å². The summed E-state index contributed by atoms with van der Waals surface area (Å²) in [7, 11) is 1.64. The molecule has 0 saturated carbocycles. The molecule has 0 aromatic rings. The molecule has 0 aliphatic heterocycles. The van der Waals surface area contributed by atoms with E-state index in [-0.39, 0.29) is 12.5 Å². The molecule has 94 valence electrons. The lowest BCUT2D eigenvalue weighted by molar-refractivity contribution is -0.137. The molecule has 0 radical (unpaired) electrons. The van der Waals surface area contributed by atoms with Crippen molar-refractivity contribution in [2.45, 2.75) is 44.5 Å². The largest absolute Gasteiger partial charge is 0.481 e. The molecule has 0 fully saturated rings. The van der Waals surface area contributed by atoms with Crippen LogP contribution in [-0.4, -0.2) is 47.8 Å². The van der Waals surface area contributed by atoms with Gasteiger partial charge in [0.2, 0.25) is 0 Å². The van der Waals surface area contributed by atoms with Crippen LogP contribution in [0.2, 0.25) is 0 Å². The van der Waals surface area contributed by atoms with Crippen molar-refractivity contribution in [3.05, 3.63) is 0 Å². The third-order valence-corrected chi connectivity index (χ3v) is 2.41. The van der Waals surface area contributed by atoms with E-state index in [2.05, 4.69) is 10.6 Å². The number of carbonyl (C=O) groups is 2. The van der Waals surface area contributed by atoms with E-state index in [0.29, 0.717) is 12.8 Å². The molecule has 3 atom stereocenters. The standard InChI is InChI=1S/C10H20N2O4/c1-3-7(6-13)12-10(16)8(11-2)4-5-9(14)15/h6-8,10-12,16H,3-5H2,1-2H3,(H,14,15)/t7?,8?,10-/m0/s1. The van der Waals surface area contributed by atoms with Crippen molar-refractivity contribution in [3.8, 4) is 0 Å². The highest BCUT2D eigenvalue weighted by Gasteiger charge is 2.20. The fraction of sp³-hybridized carbons (Fsp3) is 0.800. The molecule has 0 heterocycles. The van der Waals surface area contributed by atoms with Crippen LogP contribution >= 0.6 is 0 Å². The third-order valence-electron chi connectivity index (χ3n) is 2.41. The lowest BCUT2D eigenvalue weighted by Gasteiger charge is -2.25. The highest BCUT2D eigenvalue weighted by atomic mass is 16.4. The number of carbonyl (C=O) groups excluding carboxylic acids is 1. The maximum Gasteiger partial charge on any atom is 0.303 e. The van der Waals surface area contributed by atoms with Crippen LogP contribution in [-0.2, 0) is 9.59 Å². The highest BCUT2D eigenvalue weighted by molar-refractivity contribution is 5.66. The lowest BCUT2D eigenvalue weighted by atomic mass is 10.1. The number of aliphatic hydroxyl groups excluding tert-OH is 1. The summed E-state index contributed by atoms with van der Waals surface area (Å²) in [5.74, 6) is -0.908. The predicted octanol–water partition coefficient (Wildman–Crippen LogP) is -0.675. The van der Waals surface area contributed by atoms with Crippen molar-refractivity contribution in [3.63, 3.8) is 0 Å². The molecule has 4 N–H and O–H groups in total. The predicted molar refractivity (Wildman–Crippen MR) is 59.0 cm³/mol. The zero-order valence-electron chi connectivity index (χ0n) is 9.64. The minimum atomic E-state index is -0.931. The lowest BCUT2D eigenvalue weighted by Crippen LogP contribution is -2.50. The van der Waals surface area contributed by atoms with Gasteiger partial charge in [0.05, 0.1) is 6.04 Å². The van der Waals surface area contributed by atoms with E-state index in [1.807, 2.05) is 6.92 Å². The van der Waals surface area contributed by atoms with Gasteiger partial charge in [-0.05, 0) is 19.9 Å². The smallest absolute Gasteiger partial charge is 0.303 e. The molecule has 0 amide bonds. The average molecular weight is 232 g/mol. The quantitative estimate of drug-likeness (QED) is 0.311.